The second-order valence-electron chi connectivity index (χ2n) is 5.48. The summed E-state index contributed by atoms with van der Waals surface area (Å²) < 4.78 is 10.4. The van der Waals surface area contributed by atoms with Crippen molar-refractivity contribution < 1.29 is 23.8 Å². The highest BCUT2D eigenvalue weighted by Crippen LogP contribution is 2.24. The third-order valence-corrected chi connectivity index (χ3v) is 3.57. The molecule has 10 nitrogen and oxygen atoms in total. The number of hydrogen-bond acceptors (Lipinski definition) is 7. The van der Waals surface area contributed by atoms with Crippen LogP contribution in [0.25, 0.3) is 0 Å². The zero-order valence-electron chi connectivity index (χ0n) is 14.2. The highest BCUT2D eigenvalue weighted by Gasteiger charge is 2.24. The number of furan rings is 1. The number of carbonyl (C=O) groups excluding carboxylic acids is 1. The fourth-order valence-corrected chi connectivity index (χ4v) is 2.32. The van der Waals surface area contributed by atoms with Gasteiger partial charge in [-0.3, -0.25) is 25.0 Å². The first-order valence-electron chi connectivity index (χ1n) is 7.59. The van der Waals surface area contributed by atoms with E-state index in [4.69, 9.17) is 9.15 Å². The summed E-state index contributed by atoms with van der Waals surface area (Å²) in [5, 5.41) is 22.0. The molecule has 0 aliphatic carbocycles. The van der Waals surface area contributed by atoms with Crippen LogP contribution in [-0.2, 0) is 11.3 Å². The molecule has 138 valence electrons. The maximum atomic E-state index is 12.8. The van der Waals surface area contributed by atoms with Gasteiger partial charge >= 0.3 is 0 Å². The average Bonchev–Trinajstić information content (AvgIpc) is 3.02. The molecule has 0 unspecified atom stereocenters. The van der Waals surface area contributed by atoms with Crippen molar-refractivity contribution in [1.29, 1.82) is 0 Å². The summed E-state index contributed by atoms with van der Waals surface area (Å²) in [5.74, 6) is 0.597. The Bertz CT molecular complexity index is 799. The van der Waals surface area contributed by atoms with Gasteiger partial charge in [-0.1, -0.05) is 0 Å². The van der Waals surface area contributed by atoms with Crippen LogP contribution in [0.5, 0.6) is 0 Å². The van der Waals surface area contributed by atoms with Gasteiger partial charge in [0.15, 0.2) is 0 Å². The second kappa shape index (κ2) is 8.21. The van der Waals surface area contributed by atoms with Crippen LogP contribution in [-0.4, -0.2) is 40.9 Å². The molecule has 1 heterocycles. The van der Waals surface area contributed by atoms with E-state index in [0.29, 0.717) is 11.5 Å². The smallest absolute Gasteiger partial charge is 0.277 e. The lowest BCUT2D eigenvalue weighted by atomic mass is 10.1. The number of nitro benzene ring substituents is 2. The van der Waals surface area contributed by atoms with E-state index in [1.807, 2.05) is 0 Å². The van der Waals surface area contributed by atoms with Gasteiger partial charge in [-0.15, -0.1) is 0 Å². The van der Waals surface area contributed by atoms with Crippen LogP contribution in [0.3, 0.4) is 0 Å². The number of nitrogens with zero attached hydrogens (tertiary/aromatic N) is 3. The number of nitro groups is 2. The van der Waals surface area contributed by atoms with Crippen molar-refractivity contribution in [2.24, 2.45) is 0 Å². The van der Waals surface area contributed by atoms with Crippen LogP contribution in [0.15, 0.2) is 34.7 Å². The lowest BCUT2D eigenvalue weighted by Crippen LogP contribution is -2.33. The normalized spacial score (nSPS) is 10.5. The largest absolute Gasteiger partial charge is 0.464 e. The number of carbonyl (C=O) groups is 1. The van der Waals surface area contributed by atoms with Crippen LogP contribution in [0.4, 0.5) is 11.4 Å². The van der Waals surface area contributed by atoms with Crippen molar-refractivity contribution in [2.75, 3.05) is 20.3 Å². The first-order valence-corrected chi connectivity index (χ1v) is 7.59. The van der Waals surface area contributed by atoms with Crippen LogP contribution >= 0.6 is 0 Å². The fourth-order valence-electron chi connectivity index (χ4n) is 2.32. The number of benzene rings is 1. The molecule has 2 rings (SSSR count). The first kappa shape index (κ1) is 19.1. The minimum atomic E-state index is -0.779. The van der Waals surface area contributed by atoms with Gasteiger partial charge in [0.1, 0.15) is 11.5 Å². The third-order valence-electron chi connectivity index (χ3n) is 3.57. The predicted molar refractivity (Wildman–Crippen MR) is 89.8 cm³/mol. The summed E-state index contributed by atoms with van der Waals surface area (Å²) in [6.07, 6.45) is 0. The molecule has 0 radical (unpaired) electrons. The number of amides is 1. The molecule has 0 N–H and O–H groups in total. The summed E-state index contributed by atoms with van der Waals surface area (Å²) in [7, 11) is 1.47. The van der Waals surface area contributed by atoms with Crippen molar-refractivity contribution in [2.45, 2.75) is 13.5 Å². The fraction of sp³-hybridized carbons (Fsp3) is 0.312. The SMILES string of the molecule is COCCN(Cc1ccc(C)o1)C(=O)c1cc([N+](=O)[O-])cc([N+](=O)[O-])c1. The van der Waals surface area contributed by atoms with Gasteiger partial charge in [-0.25, -0.2) is 0 Å². The molecule has 1 aromatic heterocycles. The highest BCUT2D eigenvalue weighted by atomic mass is 16.6. The molecule has 1 amide bonds. The molecule has 0 saturated carbocycles. The number of non-ortho nitro benzene ring substituents is 2. The van der Waals surface area contributed by atoms with E-state index < -0.39 is 27.1 Å². The molecule has 0 bridgehead atoms. The quantitative estimate of drug-likeness (QED) is 0.520. The van der Waals surface area contributed by atoms with E-state index >= 15 is 0 Å². The van der Waals surface area contributed by atoms with E-state index in [1.165, 1.54) is 12.0 Å². The summed E-state index contributed by atoms with van der Waals surface area (Å²) in [5.41, 5.74) is -1.20. The van der Waals surface area contributed by atoms with E-state index in [1.54, 1.807) is 19.1 Å². The van der Waals surface area contributed by atoms with Gasteiger partial charge in [0.05, 0.1) is 34.6 Å². The monoisotopic (exact) mass is 363 g/mol. The molecule has 0 fully saturated rings. The molecule has 1 aromatic carbocycles. The van der Waals surface area contributed by atoms with Gasteiger partial charge in [0.25, 0.3) is 17.3 Å². The number of rotatable bonds is 8. The van der Waals surface area contributed by atoms with Crippen molar-refractivity contribution in [3.63, 3.8) is 0 Å². The lowest BCUT2D eigenvalue weighted by Gasteiger charge is -2.21. The number of aryl methyl sites for hydroxylation is 1. The minimum Gasteiger partial charge on any atom is -0.464 e. The zero-order valence-corrected chi connectivity index (χ0v) is 14.2. The Kier molecular flexibility index (Phi) is 6.02. The minimum absolute atomic E-state index is 0.104. The summed E-state index contributed by atoms with van der Waals surface area (Å²) in [4.78, 5) is 34.6. The van der Waals surface area contributed by atoms with E-state index in [-0.39, 0.29) is 25.3 Å². The van der Waals surface area contributed by atoms with E-state index in [2.05, 4.69) is 0 Å². The van der Waals surface area contributed by atoms with Crippen LogP contribution in [0.1, 0.15) is 21.9 Å². The van der Waals surface area contributed by atoms with Crippen LogP contribution in [0.2, 0.25) is 0 Å². The summed E-state index contributed by atoms with van der Waals surface area (Å²) in [6.45, 7) is 2.27. The summed E-state index contributed by atoms with van der Waals surface area (Å²) >= 11 is 0. The Morgan fingerprint density at radius 3 is 2.23 bits per heavy atom. The van der Waals surface area contributed by atoms with E-state index in [0.717, 1.165) is 18.2 Å². The molecule has 0 spiro atoms. The zero-order chi connectivity index (χ0) is 19.3. The van der Waals surface area contributed by atoms with Crippen LogP contribution < -0.4 is 0 Å². The molecule has 0 saturated heterocycles. The van der Waals surface area contributed by atoms with Gasteiger partial charge in [0, 0.05) is 25.8 Å². The molecule has 2 aromatic rings. The molecular formula is C16H17N3O7. The summed E-state index contributed by atoms with van der Waals surface area (Å²) in [6, 6.07) is 6.29. The number of hydrogen-bond donors (Lipinski definition) is 0. The molecule has 0 atom stereocenters. The van der Waals surface area contributed by atoms with Gasteiger partial charge in [-0.2, -0.15) is 0 Å². The Morgan fingerprint density at radius 1 is 1.15 bits per heavy atom. The second-order valence-corrected chi connectivity index (χ2v) is 5.48. The Labute approximate surface area is 148 Å². The standard InChI is InChI=1S/C16H17N3O7/c1-11-3-4-15(26-11)10-17(5-6-25-2)16(20)12-7-13(18(21)22)9-14(8-12)19(23)24/h3-4,7-9H,5-6,10H2,1-2H3. The molecule has 0 aliphatic heterocycles. The third kappa shape index (κ3) is 4.63. The lowest BCUT2D eigenvalue weighted by molar-refractivity contribution is -0.394. The number of methoxy groups -OCH3 is 1. The Balaban J connectivity index is 2.36. The topological polar surface area (TPSA) is 129 Å². The van der Waals surface area contributed by atoms with Gasteiger partial charge in [-0.05, 0) is 19.1 Å². The van der Waals surface area contributed by atoms with Crippen LogP contribution in [0, 0.1) is 27.2 Å². The molecule has 0 aliphatic rings. The van der Waals surface area contributed by atoms with Gasteiger partial charge < -0.3 is 14.1 Å². The van der Waals surface area contributed by atoms with Crippen molar-refractivity contribution in [1.82, 2.24) is 4.90 Å². The number of ether oxygens (including phenoxy) is 1. The Hall–Kier alpha value is -3.27. The average molecular weight is 363 g/mol. The molecule has 26 heavy (non-hydrogen) atoms. The van der Waals surface area contributed by atoms with E-state index in [9.17, 15) is 25.0 Å². The molecular weight excluding hydrogens is 346 g/mol. The van der Waals surface area contributed by atoms with Crippen molar-refractivity contribution in [3.05, 3.63) is 67.6 Å². The van der Waals surface area contributed by atoms with Crippen molar-refractivity contribution in [3.8, 4) is 0 Å². The van der Waals surface area contributed by atoms with Gasteiger partial charge in [0.2, 0.25) is 0 Å². The highest BCUT2D eigenvalue weighted by molar-refractivity contribution is 5.95. The Morgan fingerprint density at radius 2 is 1.77 bits per heavy atom. The first-order chi connectivity index (χ1) is 12.3. The molecule has 10 heteroatoms. The predicted octanol–water partition coefficient (Wildman–Crippen LogP) is 2.69. The van der Waals surface area contributed by atoms with Crippen molar-refractivity contribution >= 4 is 17.3 Å². The maximum absolute atomic E-state index is 12.8. The maximum Gasteiger partial charge on any atom is 0.277 e.